The highest BCUT2D eigenvalue weighted by atomic mass is 32.2. The molecule has 2 rings (SSSR count). The molecule has 8 heteroatoms. The maximum absolute atomic E-state index is 10.1. The highest BCUT2D eigenvalue weighted by Gasteiger charge is 2.38. The summed E-state index contributed by atoms with van der Waals surface area (Å²) in [5, 5.41) is 32.2. The minimum atomic E-state index is -1.05. The Kier molecular flexibility index (Phi) is 5.17. The van der Waals surface area contributed by atoms with Crippen LogP contribution in [0.1, 0.15) is 5.56 Å². The Labute approximate surface area is 124 Å². The van der Waals surface area contributed by atoms with Crippen LogP contribution >= 0.6 is 23.5 Å². The summed E-state index contributed by atoms with van der Waals surface area (Å²) in [5.41, 5.74) is 8.98. The maximum Gasteiger partial charge on any atom is 0.102 e. The number of benzene rings is 1. The van der Waals surface area contributed by atoms with Crippen molar-refractivity contribution >= 4 is 23.5 Å². The lowest BCUT2D eigenvalue weighted by atomic mass is 10.1. The number of hydrogen-bond donors (Lipinski definition) is 2. The molecule has 4 atom stereocenters. The van der Waals surface area contributed by atoms with Crippen molar-refractivity contribution in [3.8, 4) is 6.07 Å². The molecule has 1 saturated heterocycles. The van der Waals surface area contributed by atoms with Crippen LogP contribution in [0.4, 0.5) is 0 Å². The van der Waals surface area contributed by atoms with E-state index in [9.17, 15) is 10.2 Å². The van der Waals surface area contributed by atoms with E-state index >= 15 is 0 Å². The van der Waals surface area contributed by atoms with Crippen LogP contribution in [0.3, 0.4) is 0 Å². The molecule has 0 saturated carbocycles. The Hall–Kier alpha value is -1.36. The Morgan fingerprint density at radius 1 is 1.35 bits per heavy atom. The Bertz CT molecular complexity index is 554. The van der Waals surface area contributed by atoms with E-state index in [1.165, 1.54) is 23.5 Å². The van der Waals surface area contributed by atoms with Crippen molar-refractivity contribution < 1.29 is 10.2 Å². The third-order valence-corrected chi connectivity index (χ3v) is 5.78. The zero-order valence-corrected chi connectivity index (χ0v) is 12.0. The Balaban J connectivity index is 2.03. The van der Waals surface area contributed by atoms with Crippen molar-refractivity contribution in [3.63, 3.8) is 0 Å². The first-order valence-electron chi connectivity index (χ1n) is 5.84. The number of nitriles is 1. The van der Waals surface area contributed by atoms with Gasteiger partial charge in [-0.15, -0.1) is 23.5 Å². The normalized spacial score (nSPS) is 29.2. The van der Waals surface area contributed by atoms with Crippen LogP contribution in [0.2, 0.25) is 0 Å². The first-order chi connectivity index (χ1) is 9.65. The Morgan fingerprint density at radius 2 is 2.05 bits per heavy atom. The summed E-state index contributed by atoms with van der Waals surface area (Å²) in [6, 6.07) is 8.48. The molecule has 0 unspecified atom stereocenters. The molecule has 0 amide bonds. The molecule has 0 aliphatic carbocycles. The van der Waals surface area contributed by atoms with Gasteiger partial charge in [0.15, 0.2) is 0 Å². The van der Waals surface area contributed by atoms with Gasteiger partial charge < -0.3 is 10.2 Å². The van der Waals surface area contributed by atoms with Crippen molar-refractivity contribution in [2.45, 2.75) is 27.7 Å². The SMILES string of the molecule is N#Cc1ccc(S[C@@H]2SC[C@@H](N=[N+]=[N-])[C@H](O)[C@H]2O)cc1. The molecule has 1 heterocycles. The highest BCUT2D eigenvalue weighted by molar-refractivity contribution is 8.17. The number of hydrogen-bond acceptors (Lipinski definition) is 6. The summed E-state index contributed by atoms with van der Waals surface area (Å²) in [6.07, 6.45) is -2.02. The molecular formula is C12H12N4O2S2. The predicted molar refractivity (Wildman–Crippen MR) is 78.2 cm³/mol. The van der Waals surface area contributed by atoms with Gasteiger partial charge in [0.25, 0.3) is 0 Å². The predicted octanol–water partition coefficient (Wildman–Crippen LogP) is 2.12. The zero-order valence-electron chi connectivity index (χ0n) is 10.3. The van der Waals surface area contributed by atoms with E-state index in [4.69, 9.17) is 10.8 Å². The molecule has 6 nitrogen and oxygen atoms in total. The van der Waals surface area contributed by atoms with Crippen molar-refractivity contribution in [3.05, 3.63) is 40.3 Å². The second kappa shape index (κ2) is 6.88. The van der Waals surface area contributed by atoms with Gasteiger partial charge >= 0.3 is 0 Å². The fourth-order valence-electron chi connectivity index (χ4n) is 1.79. The second-order valence-corrected chi connectivity index (χ2v) is 6.90. The van der Waals surface area contributed by atoms with Gasteiger partial charge in [-0.25, -0.2) is 0 Å². The van der Waals surface area contributed by atoms with Gasteiger partial charge in [0.2, 0.25) is 0 Å². The summed E-state index contributed by atoms with van der Waals surface area (Å²) < 4.78 is -0.233. The fraction of sp³-hybridized carbons (Fsp3) is 0.417. The number of nitrogens with zero attached hydrogens (tertiary/aromatic N) is 4. The van der Waals surface area contributed by atoms with Crippen LogP contribution in [-0.2, 0) is 0 Å². The third kappa shape index (κ3) is 3.39. The first-order valence-corrected chi connectivity index (χ1v) is 7.77. The average molecular weight is 308 g/mol. The van der Waals surface area contributed by atoms with Gasteiger partial charge in [-0.2, -0.15) is 5.26 Å². The van der Waals surface area contributed by atoms with Crippen molar-refractivity contribution in [1.29, 1.82) is 5.26 Å². The summed E-state index contributed by atoms with van der Waals surface area (Å²) in [4.78, 5) is 3.59. The van der Waals surface area contributed by atoms with Gasteiger partial charge in [-0.3, -0.25) is 0 Å². The summed E-state index contributed by atoms with van der Waals surface area (Å²) in [7, 11) is 0. The number of rotatable bonds is 3. The molecule has 0 bridgehead atoms. The van der Waals surface area contributed by atoms with Crippen molar-refractivity contribution in [2.24, 2.45) is 5.11 Å². The van der Waals surface area contributed by atoms with E-state index in [-0.39, 0.29) is 4.58 Å². The molecule has 104 valence electrons. The van der Waals surface area contributed by atoms with Crippen LogP contribution in [0.15, 0.2) is 34.3 Å². The van der Waals surface area contributed by atoms with Crippen molar-refractivity contribution in [2.75, 3.05) is 5.75 Å². The van der Waals surface area contributed by atoms with Gasteiger partial charge in [0.1, 0.15) is 6.10 Å². The molecule has 20 heavy (non-hydrogen) atoms. The van der Waals surface area contributed by atoms with Crippen LogP contribution in [-0.4, -0.2) is 38.8 Å². The summed E-state index contributed by atoms with van der Waals surface area (Å²) in [6.45, 7) is 0. The van der Waals surface area contributed by atoms with Crippen LogP contribution < -0.4 is 0 Å². The van der Waals surface area contributed by atoms with E-state index in [1.807, 2.05) is 18.2 Å². The topological polar surface area (TPSA) is 113 Å². The van der Waals surface area contributed by atoms with Crippen molar-refractivity contribution in [1.82, 2.24) is 0 Å². The van der Waals surface area contributed by atoms with Crippen LogP contribution in [0.5, 0.6) is 0 Å². The molecule has 1 aliphatic rings. The lowest BCUT2D eigenvalue weighted by Crippen LogP contribution is -2.46. The molecule has 2 N–H and O–H groups in total. The molecule has 1 aromatic carbocycles. The lowest BCUT2D eigenvalue weighted by molar-refractivity contribution is 0.0145. The number of thioether (sulfide) groups is 2. The smallest absolute Gasteiger partial charge is 0.102 e. The van der Waals surface area contributed by atoms with Gasteiger partial charge in [0.05, 0.1) is 28.4 Å². The zero-order chi connectivity index (χ0) is 14.5. The molecule has 0 aromatic heterocycles. The molecule has 0 radical (unpaired) electrons. The van der Waals surface area contributed by atoms with E-state index < -0.39 is 18.2 Å². The number of azide groups is 1. The second-order valence-electron chi connectivity index (χ2n) is 4.21. The largest absolute Gasteiger partial charge is 0.390 e. The number of aliphatic hydroxyl groups is 2. The molecule has 1 aromatic rings. The molecule has 1 fully saturated rings. The Morgan fingerprint density at radius 3 is 2.65 bits per heavy atom. The first kappa shape index (κ1) is 15.0. The van der Waals surface area contributed by atoms with Gasteiger partial charge in [-0.1, -0.05) is 5.11 Å². The van der Waals surface area contributed by atoms with E-state index in [2.05, 4.69) is 10.0 Å². The average Bonchev–Trinajstić information content (AvgIpc) is 2.48. The monoisotopic (exact) mass is 308 g/mol. The van der Waals surface area contributed by atoms with E-state index in [0.717, 1.165) is 4.90 Å². The molecular weight excluding hydrogens is 296 g/mol. The summed E-state index contributed by atoms with van der Waals surface area (Å²) >= 11 is 2.88. The minimum absolute atomic E-state index is 0.233. The summed E-state index contributed by atoms with van der Waals surface area (Å²) in [5.74, 6) is 0.468. The maximum atomic E-state index is 10.1. The standard InChI is InChI=1S/C12H12N4O2S2/c13-5-7-1-3-8(4-2-7)20-12-11(18)10(17)9(6-19-12)15-16-14/h1-4,9-12,17-18H,6H2/t9-,10+,11-,12+/m1/s1. The molecule has 0 spiro atoms. The quantitative estimate of drug-likeness (QED) is 0.504. The third-order valence-electron chi connectivity index (χ3n) is 2.89. The minimum Gasteiger partial charge on any atom is -0.390 e. The van der Waals surface area contributed by atoms with E-state index in [1.54, 1.807) is 12.1 Å². The van der Waals surface area contributed by atoms with Gasteiger partial charge in [-0.05, 0) is 29.8 Å². The molecule has 1 aliphatic heterocycles. The lowest BCUT2D eigenvalue weighted by Gasteiger charge is -2.34. The highest BCUT2D eigenvalue weighted by Crippen LogP contribution is 2.39. The van der Waals surface area contributed by atoms with E-state index in [0.29, 0.717) is 11.3 Å². The van der Waals surface area contributed by atoms with Crippen LogP contribution in [0.25, 0.3) is 10.4 Å². The fourth-order valence-corrected chi connectivity index (χ4v) is 4.51. The number of aliphatic hydroxyl groups excluding tert-OH is 2. The van der Waals surface area contributed by atoms with Gasteiger partial charge in [0, 0.05) is 15.6 Å². The van der Waals surface area contributed by atoms with Crippen LogP contribution in [0, 0.1) is 11.3 Å².